The van der Waals surface area contributed by atoms with E-state index in [1.54, 1.807) is 12.1 Å². The number of rotatable bonds is 6. The van der Waals surface area contributed by atoms with Crippen LogP contribution in [0.4, 0.5) is 5.13 Å². The first kappa shape index (κ1) is 20.1. The molecule has 3 rings (SSSR count). The van der Waals surface area contributed by atoms with E-state index < -0.39 is 15.9 Å². The molecule has 11 heteroatoms. The van der Waals surface area contributed by atoms with Gasteiger partial charge >= 0.3 is 0 Å². The molecule has 0 aliphatic carbocycles. The quantitative estimate of drug-likeness (QED) is 0.556. The van der Waals surface area contributed by atoms with Crippen molar-refractivity contribution in [1.29, 1.82) is 0 Å². The van der Waals surface area contributed by atoms with Crippen LogP contribution in [0.5, 0.6) is 5.75 Å². The maximum Gasteiger partial charge on any atom is 0.243 e. The lowest BCUT2D eigenvalue weighted by Gasteiger charge is -2.31. The number of nitrogens with zero attached hydrogens (tertiary/aromatic N) is 3. The fraction of sp³-hybridized carbons (Fsp3) is 0.438. The van der Waals surface area contributed by atoms with Crippen LogP contribution in [-0.4, -0.2) is 55.3 Å². The number of piperidine rings is 1. The van der Waals surface area contributed by atoms with E-state index >= 15 is 0 Å². The van der Waals surface area contributed by atoms with Gasteiger partial charge in [-0.15, -0.1) is 10.2 Å². The zero-order valence-electron chi connectivity index (χ0n) is 14.9. The van der Waals surface area contributed by atoms with Crippen molar-refractivity contribution in [2.75, 3.05) is 31.8 Å². The number of carbonyl (C=O) groups excluding carboxylic acids is 1. The molecule has 0 radical (unpaired) electrons. The minimum absolute atomic E-state index is 0.147. The Balaban J connectivity index is 1.69. The second-order valence-electron chi connectivity index (χ2n) is 5.94. The lowest BCUT2D eigenvalue weighted by atomic mass is 9.99. The number of aromatic nitrogens is 2. The van der Waals surface area contributed by atoms with Crippen LogP contribution in [0.15, 0.2) is 33.5 Å². The number of anilines is 1. The van der Waals surface area contributed by atoms with Crippen LogP contribution in [0, 0.1) is 5.92 Å². The number of amides is 1. The molecule has 1 aliphatic heterocycles. The highest BCUT2D eigenvalue weighted by molar-refractivity contribution is 8.00. The highest BCUT2D eigenvalue weighted by atomic mass is 32.2. The Morgan fingerprint density at radius 3 is 2.70 bits per heavy atom. The Hall–Kier alpha value is -1.69. The molecule has 1 amide bonds. The Bertz CT molecular complexity index is 899. The van der Waals surface area contributed by atoms with Crippen molar-refractivity contribution in [3.8, 4) is 5.75 Å². The Morgan fingerprint density at radius 1 is 1.33 bits per heavy atom. The van der Waals surface area contributed by atoms with Crippen molar-refractivity contribution in [3.63, 3.8) is 0 Å². The molecule has 8 nitrogen and oxygen atoms in total. The zero-order valence-corrected chi connectivity index (χ0v) is 17.4. The van der Waals surface area contributed by atoms with Crippen molar-refractivity contribution < 1.29 is 17.9 Å². The maximum absolute atomic E-state index is 12.9. The third-order valence-corrected chi connectivity index (χ3v) is 7.96. The van der Waals surface area contributed by atoms with Gasteiger partial charge < -0.3 is 10.1 Å². The normalized spacial score (nSPS) is 18.2. The summed E-state index contributed by atoms with van der Waals surface area (Å²) >= 11 is 2.75. The van der Waals surface area contributed by atoms with Gasteiger partial charge in [0.1, 0.15) is 5.75 Å². The van der Waals surface area contributed by atoms with E-state index in [-0.39, 0.29) is 17.3 Å². The number of ether oxygens (including phenoxy) is 1. The molecule has 1 N–H and O–H groups in total. The number of thioether (sulfide) groups is 1. The Labute approximate surface area is 166 Å². The number of benzene rings is 1. The van der Waals surface area contributed by atoms with Crippen LogP contribution >= 0.6 is 23.1 Å². The maximum atomic E-state index is 12.9. The average molecular weight is 429 g/mol. The summed E-state index contributed by atoms with van der Waals surface area (Å²) in [6.07, 6.45) is 3.14. The van der Waals surface area contributed by atoms with Crippen molar-refractivity contribution in [1.82, 2.24) is 14.5 Å². The summed E-state index contributed by atoms with van der Waals surface area (Å²) in [7, 11) is -2.13. The molecule has 146 valence electrons. The molecular formula is C16H20N4O4S3. The number of hydrogen-bond acceptors (Lipinski definition) is 8. The summed E-state index contributed by atoms with van der Waals surface area (Å²) in [6, 6.07) is 6.26. The van der Waals surface area contributed by atoms with Crippen LogP contribution in [0.1, 0.15) is 12.8 Å². The van der Waals surface area contributed by atoms with Gasteiger partial charge in [-0.1, -0.05) is 23.1 Å². The monoisotopic (exact) mass is 428 g/mol. The molecule has 1 aliphatic rings. The first-order valence-electron chi connectivity index (χ1n) is 8.26. The molecule has 1 fully saturated rings. The summed E-state index contributed by atoms with van der Waals surface area (Å²) < 4.78 is 33.0. The van der Waals surface area contributed by atoms with Crippen LogP contribution in [0.3, 0.4) is 0 Å². The van der Waals surface area contributed by atoms with Crippen molar-refractivity contribution >= 4 is 44.2 Å². The van der Waals surface area contributed by atoms with Gasteiger partial charge in [-0.25, -0.2) is 8.42 Å². The number of methoxy groups -OCH3 is 1. The third kappa shape index (κ3) is 4.60. The highest BCUT2D eigenvalue weighted by Crippen LogP contribution is 2.27. The molecule has 0 bridgehead atoms. The number of hydrogen-bond donors (Lipinski definition) is 1. The lowest BCUT2D eigenvalue weighted by Crippen LogP contribution is -2.43. The molecule has 1 atom stereocenters. The standard InChI is InChI=1S/C16H20N4O4S3/c1-24-12-5-7-13(8-6-12)27(22,23)20-9-3-4-11(10-20)14(21)17-15-18-19-16(25-2)26-15/h5-8,11H,3-4,9-10H2,1-2H3,(H,17,18,21)/t11-/m0/s1. The summed E-state index contributed by atoms with van der Waals surface area (Å²) in [5.41, 5.74) is 0. The van der Waals surface area contributed by atoms with Gasteiger partial charge in [0.15, 0.2) is 4.34 Å². The smallest absolute Gasteiger partial charge is 0.243 e. The van der Waals surface area contributed by atoms with Crippen molar-refractivity contribution in [3.05, 3.63) is 24.3 Å². The van der Waals surface area contributed by atoms with Crippen molar-refractivity contribution in [2.45, 2.75) is 22.1 Å². The van der Waals surface area contributed by atoms with Crippen molar-refractivity contribution in [2.24, 2.45) is 5.92 Å². The molecule has 1 aromatic carbocycles. The largest absolute Gasteiger partial charge is 0.497 e. The molecule has 2 aromatic rings. The molecular weight excluding hydrogens is 408 g/mol. The van der Waals surface area contributed by atoms with Crippen LogP contribution in [0.2, 0.25) is 0 Å². The van der Waals surface area contributed by atoms with Gasteiger partial charge in [0.25, 0.3) is 0 Å². The second kappa shape index (κ2) is 8.55. The third-order valence-electron chi connectivity index (χ3n) is 4.26. The minimum Gasteiger partial charge on any atom is -0.497 e. The Kier molecular flexibility index (Phi) is 6.35. The molecule has 0 saturated carbocycles. The predicted molar refractivity (Wildman–Crippen MR) is 105 cm³/mol. The molecule has 1 saturated heterocycles. The summed E-state index contributed by atoms with van der Waals surface area (Å²) in [5.74, 6) is -0.0617. The van der Waals surface area contributed by atoms with E-state index in [0.717, 1.165) is 4.34 Å². The first-order chi connectivity index (χ1) is 12.9. The molecule has 0 unspecified atom stereocenters. The summed E-state index contributed by atoms with van der Waals surface area (Å²) in [4.78, 5) is 12.7. The fourth-order valence-corrected chi connectivity index (χ4v) is 5.52. The van der Waals surface area contributed by atoms with Gasteiger partial charge in [-0.05, 0) is 43.4 Å². The van der Waals surface area contributed by atoms with Crippen LogP contribution in [-0.2, 0) is 14.8 Å². The van der Waals surface area contributed by atoms with Gasteiger partial charge in [0.2, 0.25) is 21.1 Å². The van der Waals surface area contributed by atoms with E-state index in [2.05, 4.69) is 15.5 Å². The number of nitrogens with one attached hydrogen (secondary N) is 1. The van der Waals surface area contributed by atoms with Gasteiger partial charge in [0.05, 0.1) is 17.9 Å². The second-order valence-corrected chi connectivity index (χ2v) is 9.91. The van der Waals surface area contributed by atoms with Crippen LogP contribution in [0.25, 0.3) is 0 Å². The van der Waals surface area contributed by atoms with Gasteiger partial charge in [0, 0.05) is 13.1 Å². The molecule has 2 heterocycles. The number of carbonyl (C=O) groups is 1. The van der Waals surface area contributed by atoms with Gasteiger partial charge in [-0.3, -0.25) is 4.79 Å². The SMILES string of the molecule is COc1ccc(S(=O)(=O)N2CCC[C@H](C(=O)Nc3nnc(SC)s3)C2)cc1. The van der Waals surface area contributed by atoms with E-state index in [4.69, 9.17) is 4.74 Å². The first-order valence-corrected chi connectivity index (χ1v) is 11.7. The zero-order chi connectivity index (χ0) is 19.4. The minimum atomic E-state index is -3.66. The van der Waals surface area contributed by atoms with E-state index in [1.165, 1.54) is 46.6 Å². The highest BCUT2D eigenvalue weighted by Gasteiger charge is 2.33. The lowest BCUT2D eigenvalue weighted by molar-refractivity contribution is -0.120. The topological polar surface area (TPSA) is 101 Å². The molecule has 27 heavy (non-hydrogen) atoms. The average Bonchev–Trinajstić information content (AvgIpc) is 3.15. The fourth-order valence-electron chi connectivity index (χ4n) is 2.82. The van der Waals surface area contributed by atoms with Crippen LogP contribution < -0.4 is 10.1 Å². The van der Waals surface area contributed by atoms with E-state index in [9.17, 15) is 13.2 Å². The van der Waals surface area contributed by atoms with E-state index in [1.807, 2.05) is 6.26 Å². The summed E-state index contributed by atoms with van der Waals surface area (Å²) in [6.45, 7) is 0.544. The number of sulfonamides is 1. The van der Waals surface area contributed by atoms with Gasteiger partial charge in [-0.2, -0.15) is 4.31 Å². The molecule has 1 aromatic heterocycles. The Morgan fingerprint density at radius 2 is 2.07 bits per heavy atom. The van der Waals surface area contributed by atoms with E-state index in [0.29, 0.717) is 30.3 Å². The molecule has 0 spiro atoms. The predicted octanol–water partition coefficient (Wildman–Crippen LogP) is 2.31. The summed E-state index contributed by atoms with van der Waals surface area (Å²) in [5, 5.41) is 11.0.